The summed E-state index contributed by atoms with van der Waals surface area (Å²) in [5.41, 5.74) is 0.137. The fraction of sp³-hybridized carbons (Fsp3) is 0.0714. The van der Waals surface area contributed by atoms with Gasteiger partial charge in [-0.05, 0) is 11.6 Å². The lowest BCUT2D eigenvalue weighted by atomic mass is 10.1. The van der Waals surface area contributed by atoms with Gasteiger partial charge in [0, 0.05) is 17.8 Å². The van der Waals surface area contributed by atoms with Crippen molar-refractivity contribution < 1.29 is 19.8 Å². The first-order valence-corrected chi connectivity index (χ1v) is 6.00. The van der Waals surface area contributed by atoms with Crippen molar-refractivity contribution in [3.05, 3.63) is 57.9 Å². The molecular weight excluding hydrogens is 276 g/mol. The van der Waals surface area contributed by atoms with E-state index in [2.05, 4.69) is 10.3 Å². The van der Waals surface area contributed by atoms with Crippen LogP contribution in [-0.4, -0.2) is 27.1 Å². The molecule has 108 valence electrons. The number of anilines is 1. The van der Waals surface area contributed by atoms with Gasteiger partial charge in [0.2, 0.25) is 0 Å². The molecule has 0 saturated carbocycles. The molecule has 1 amide bonds. The molecule has 0 aliphatic heterocycles. The molecule has 2 aromatic rings. The number of rotatable bonds is 4. The summed E-state index contributed by atoms with van der Waals surface area (Å²) >= 11 is 0. The van der Waals surface area contributed by atoms with Gasteiger partial charge in [0.25, 0.3) is 11.5 Å². The molecule has 0 atom stereocenters. The fourth-order valence-corrected chi connectivity index (χ4v) is 1.81. The molecule has 21 heavy (non-hydrogen) atoms. The van der Waals surface area contributed by atoms with Crippen molar-refractivity contribution >= 4 is 17.6 Å². The van der Waals surface area contributed by atoms with Crippen LogP contribution in [0.25, 0.3) is 0 Å². The zero-order valence-corrected chi connectivity index (χ0v) is 10.8. The van der Waals surface area contributed by atoms with E-state index >= 15 is 0 Å². The number of aromatic amines is 1. The van der Waals surface area contributed by atoms with E-state index in [4.69, 9.17) is 5.11 Å². The van der Waals surface area contributed by atoms with Crippen LogP contribution in [0.1, 0.15) is 15.9 Å². The standard InChI is InChI=1S/C14H12N2O5/c17-11-5-9(6-12(18)16-11)14(21)15-10-4-2-1-3-8(10)7-13(19)20/h1-6H,7H2,(H,15,21)(H,19,20)(H2,16,17,18). The monoisotopic (exact) mass is 288 g/mol. The Labute approximate surface area is 118 Å². The van der Waals surface area contributed by atoms with Crippen LogP contribution in [0.3, 0.4) is 0 Å². The number of benzene rings is 1. The van der Waals surface area contributed by atoms with Crippen molar-refractivity contribution in [3.63, 3.8) is 0 Å². The number of carbonyl (C=O) groups is 2. The van der Waals surface area contributed by atoms with E-state index in [0.29, 0.717) is 11.3 Å². The molecule has 0 unspecified atom stereocenters. The summed E-state index contributed by atoms with van der Waals surface area (Å²) in [4.78, 5) is 36.1. The number of hydrogen-bond donors (Lipinski definition) is 4. The molecule has 0 bridgehead atoms. The Kier molecular flexibility index (Phi) is 4.03. The predicted molar refractivity (Wildman–Crippen MR) is 74.5 cm³/mol. The van der Waals surface area contributed by atoms with E-state index in [1.165, 1.54) is 0 Å². The lowest BCUT2D eigenvalue weighted by Gasteiger charge is -2.09. The van der Waals surface area contributed by atoms with E-state index in [-0.39, 0.29) is 12.0 Å². The second kappa shape index (κ2) is 5.91. The number of pyridine rings is 1. The number of carboxylic acids is 1. The average molecular weight is 288 g/mol. The first kappa shape index (κ1) is 14.3. The van der Waals surface area contributed by atoms with Gasteiger partial charge in [0.15, 0.2) is 5.88 Å². The number of carboxylic acid groups (broad SMARTS) is 1. The number of para-hydroxylation sites is 1. The Morgan fingerprint density at radius 2 is 1.90 bits per heavy atom. The third kappa shape index (κ3) is 3.69. The van der Waals surface area contributed by atoms with Crippen LogP contribution in [0.4, 0.5) is 5.69 Å². The lowest BCUT2D eigenvalue weighted by molar-refractivity contribution is -0.136. The molecule has 0 aliphatic carbocycles. The fourth-order valence-electron chi connectivity index (χ4n) is 1.81. The highest BCUT2D eigenvalue weighted by Crippen LogP contribution is 2.17. The predicted octanol–water partition coefficient (Wildman–Crippen LogP) is 0.960. The molecule has 0 radical (unpaired) electrons. The van der Waals surface area contributed by atoms with Crippen molar-refractivity contribution in [2.45, 2.75) is 6.42 Å². The first-order valence-electron chi connectivity index (χ1n) is 6.00. The van der Waals surface area contributed by atoms with Gasteiger partial charge in [-0.3, -0.25) is 19.4 Å². The molecular formula is C14H12N2O5. The van der Waals surface area contributed by atoms with E-state index in [9.17, 15) is 19.5 Å². The van der Waals surface area contributed by atoms with Crippen LogP contribution in [0.15, 0.2) is 41.2 Å². The quantitative estimate of drug-likeness (QED) is 0.668. The SMILES string of the molecule is O=C(O)Cc1ccccc1NC(=O)c1cc(O)[nH]c(=O)c1. The third-order valence-corrected chi connectivity index (χ3v) is 2.70. The number of H-pyrrole nitrogens is 1. The molecule has 1 aromatic heterocycles. The zero-order chi connectivity index (χ0) is 15.4. The number of hydrogen-bond acceptors (Lipinski definition) is 4. The summed E-state index contributed by atoms with van der Waals surface area (Å²) in [5, 5.41) is 20.6. The Bertz CT molecular complexity index is 751. The van der Waals surface area contributed by atoms with Gasteiger partial charge < -0.3 is 15.5 Å². The summed E-state index contributed by atoms with van der Waals surface area (Å²) in [6.45, 7) is 0. The largest absolute Gasteiger partial charge is 0.494 e. The maximum atomic E-state index is 12.0. The van der Waals surface area contributed by atoms with Gasteiger partial charge in [-0.25, -0.2) is 0 Å². The second-order valence-electron chi connectivity index (χ2n) is 4.30. The van der Waals surface area contributed by atoms with E-state index in [1.807, 2.05) is 0 Å². The highest BCUT2D eigenvalue weighted by molar-refractivity contribution is 6.04. The molecule has 1 aromatic carbocycles. The Morgan fingerprint density at radius 3 is 2.57 bits per heavy atom. The Balaban J connectivity index is 2.27. The average Bonchev–Trinajstić information content (AvgIpc) is 2.39. The summed E-state index contributed by atoms with van der Waals surface area (Å²) in [5.74, 6) is -2.06. The van der Waals surface area contributed by atoms with Gasteiger partial charge in [0.05, 0.1) is 12.0 Å². The van der Waals surface area contributed by atoms with Crippen molar-refractivity contribution in [2.75, 3.05) is 5.32 Å². The minimum Gasteiger partial charge on any atom is -0.494 e. The highest BCUT2D eigenvalue weighted by atomic mass is 16.4. The summed E-state index contributed by atoms with van der Waals surface area (Å²) < 4.78 is 0. The van der Waals surface area contributed by atoms with Gasteiger partial charge >= 0.3 is 5.97 Å². The summed E-state index contributed by atoms with van der Waals surface area (Å²) in [6.07, 6.45) is -0.239. The van der Waals surface area contributed by atoms with Crippen LogP contribution in [-0.2, 0) is 11.2 Å². The van der Waals surface area contributed by atoms with Crippen LogP contribution in [0, 0.1) is 0 Å². The minimum atomic E-state index is -1.02. The number of aromatic nitrogens is 1. The maximum absolute atomic E-state index is 12.0. The Morgan fingerprint density at radius 1 is 1.19 bits per heavy atom. The molecule has 1 heterocycles. The van der Waals surface area contributed by atoms with Gasteiger partial charge in [-0.15, -0.1) is 0 Å². The van der Waals surface area contributed by atoms with Gasteiger partial charge in [-0.2, -0.15) is 0 Å². The van der Waals surface area contributed by atoms with Gasteiger partial charge in [0.1, 0.15) is 0 Å². The zero-order valence-electron chi connectivity index (χ0n) is 10.8. The van der Waals surface area contributed by atoms with E-state index < -0.39 is 23.3 Å². The molecule has 0 aliphatic rings. The number of carbonyl (C=O) groups excluding carboxylic acids is 1. The van der Waals surface area contributed by atoms with Crippen molar-refractivity contribution in [1.29, 1.82) is 0 Å². The van der Waals surface area contributed by atoms with Crippen LogP contribution in [0.5, 0.6) is 5.88 Å². The first-order chi connectivity index (χ1) is 9.95. The summed E-state index contributed by atoms with van der Waals surface area (Å²) in [6, 6.07) is 8.59. The molecule has 4 N–H and O–H groups in total. The molecule has 0 saturated heterocycles. The van der Waals surface area contributed by atoms with Crippen molar-refractivity contribution in [3.8, 4) is 5.88 Å². The topological polar surface area (TPSA) is 119 Å². The molecule has 0 fully saturated rings. The molecule has 0 spiro atoms. The number of aromatic hydroxyl groups is 1. The normalized spacial score (nSPS) is 10.1. The number of nitrogens with one attached hydrogen (secondary N) is 2. The number of aliphatic carboxylic acids is 1. The van der Waals surface area contributed by atoms with Crippen LogP contribution in [0.2, 0.25) is 0 Å². The smallest absolute Gasteiger partial charge is 0.307 e. The van der Waals surface area contributed by atoms with Crippen LogP contribution < -0.4 is 10.9 Å². The lowest BCUT2D eigenvalue weighted by Crippen LogP contribution is -2.17. The maximum Gasteiger partial charge on any atom is 0.307 e. The molecule has 2 rings (SSSR count). The molecule has 7 nitrogen and oxygen atoms in total. The van der Waals surface area contributed by atoms with E-state index in [0.717, 1.165) is 12.1 Å². The van der Waals surface area contributed by atoms with Crippen molar-refractivity contribution in [1.82, 2.24) is 4.98 Å². The molecule has 7 heteroatoms. The summed E-state index contributed by atoms with van der Waals surface area (Å²) in [7, 11) is 0. The van der Waals surface area contributed by atoms with Crippen LogP contribution >= 0.6 is 0 Å². The van der Waals surface area contributed by atoms with Crippen molar-refractivity contribution in [2.24, 2.45) is 0 Å². The number of amides is 1. The van der Waals surface area contributed by atoms with E-state index in [1.54, 1.807) is 24.3 Å². The Hall–Kier alpha value is -3.09. The van der Waals surface area contributed by atoms with Gasteiger partial charge in [-0.1, -0.05) is 18.2 Å². The second-order valence-corrected chi connectivity index (χ2v) is 4.30. The third-order valence-electron chi connectivity index (χ3n) is 2.70. The minimum absolute atomic E-state index is 0.0265. The highest BCUT2D eigenvalue weighted by Gasteiger charge is 2.12.